The van der Waals surface area contributed by atoms with Gasteiger partial charge >= 0.3 is 0 Å². The molecule has 4 heteroatoms. The summed E-state index contributed by atoms with van der Waals surface area (Å²) in [6, 6.07) is 18.4. The summed E-state index contributed by atoms with van der Waals surface area (Å²) in [6.07, 6.45) is 1.86. The van der Waals surface area contributed by atoms with Gasteiger partial charge in [-0.05, 0) is 11.6 Å². The van der Waals surface area contributed by atoms with Crippen LogP contribution in [0.25, 0.3) is 0 Å². The van der Waals surface area contributed by atoms with Crippen LogP contribution in [0.15, 0.2) is 59.7 Å². The molecule has 0 bridgehead atoms. The van der Waals surface area contributed by atoms with E-state index in [-0.39, 0.29) is 0 Å². The SMILES string of the molecule is Clc1ccccc1C=NN1CCN(Cc2ccccc2)CC1. The molecule has 0 amide bonds. The van der Waals surface area contributed by atoms with Gasteiger partial charge in [0.2, 0.25) is 0 Å². The fourth-order valence-electron chi connectivity index (χ4n) is 2.58. The third-order valence-corrected chi connectivity index (χ3v) is 4.21. The van der Waals surface area contributed by atoms with E-state index in [0.717, 1.165) is 43.3 Å². The van der Waals surface area contributed by atoms with Gasteiger partial charge in [-0.2, -0.15) is 5.10 Å². The fourth-order valence-corrected chi connectivity index (χ4v) is 2.76. The van der Waals surface area contributed by atoms with Crippen molar-refractivity contribution in [3.8, 4) is 0 Å². The minimum absolute atomic E-state index is 0.744. The van der Waals surface area contributed by atoms with Crippen LogP contribution < -0.4 is 0 Å². The number of hydrogen-bond donors (Lipinski definition) is 0. The van der Waals surface area contributed by atoms with Gasteiger partial charge < -0.3 is 0 Å². The Kier molecular flexibility index (Phi) is 5.09. The van der Waals surface area contributed by atoms with E-state index < -0.39 is 0 Å². The molecule has 114 valence electrons. The van der Waals surface area contributed by atoms with Crippen molar-refractivity contribution in [2.45, 2.75) is 6.54 Å². The topological polar surface area (TPSA) is 18.8 Å². The molecule has 3 nitrogen and oxygen atoms in total. The summed E-state index contributed by atoms with van der Waals surface area (Å²) in [6.45, 7) is 4.99. The van der Waals surface area contributed by atoms with Crippen molar-refractivity contribution in [1.29, 1.82) is 0 Å². The van der Waals surface area contributed by atoms with Crippen molar-refractivity contribution in [1.82, 2.24) is 9.91 Å². The predicted molar refractivity (Wildman–Crippen MR) is 92.3 cm³/mol. The molecule has 1 aliphatic rings. The fraction of sp³-hybridized carbons (Fsp3) is 0.278. The molecule has 0 saturated carbocycles. The number of hydrazone groups is 1. The summed E-state index contributed by atoms with van der Waals surface area (Å²) in [5, 5.41) is 7.41. The Morgan fingerprint density at radius 2 is 1.59 bits per heavy atom. The zero-order chi connectivity index (χ0) is 15.2. The van der Waals surface area contributed by atoms with Gasteiger partial charge in [-0.25, -0.2) is 0 Å². The van der Waals surface area contributed by atoms with Gasteiger partial charge in [0.25, 0.3) is 0 Å². The van der Waals surface area contributed by atoms with Crippen molar-refractivity contribution < 1.29 is 0 Å². The van der Waals surface area contributed by atoms with E-state index >= 15 is 0 Å². The molecule has 0 atom stereocenters. The van der Waals surface area contributed by atoms with Crippen molar-refractivity contribution in [3.05, 3.63) is 70.7 Å². The predicted octanol–water partition coefficient (Wildman–Crippen LogP) is 3.49. The normalized spacial score (nSPS) is 16.3. The smallest absolute Gasteiger partial charge is 0.0557 e. The lowest BCUT2D eigenvalue weighted by Gasteiger charge is -2.33. The van der Waals surface area contributed by atoms with Crippen LogP contribution in [0.3, 0.4) is 0 Å². The number of rotatable bonds is 4. The van der Waals surface area contributed by atoms with Gasteiger partial charge in [-0.1, -0.05) is 60.1 Å². The molecule has 3 rings (SSSR count). The number of piperazine rings is 1. The zero-order valence-electron chi connectivity index (χ0n) is 12.5. The molecule has 0 aromatic heterocycles. The Morgan fingerprint density at radius 1 is 0.909 bits per heavy atom. The average molecular weight is 314 g/mol. The summed E-state index contributed by atoms with van der Waals surface area (Å²) in [5.41, 5.74) is 2.34. The van der Waals surface area contributed by atoms with Gasteiger partial charge in [0, 0.05) is 43.3 Å². The van der Waals surface area contributed by atoms with E-state index in [1.807, 2.05) is 30.5 Å². The molecule has 2 aromatic rings. The van der Waals surface area contributed by atoms with Crippen molar-refractivity contribution in [2.24, 2.45) is 5.10 Å². The van der Waals surface area contributed by atoms with Crippen LogP contribution in [0.5, 0.6) is 0 Å². The van der Waals surface area contributed by atoms with E-state index in [9.17, 15) is 0 Å². The van der Waals surface area contributed by atoms with E-state index in [2.05, 4.69) is 45.3 Å². The maximum absolute atomic E-state index is 6.14. The molecule has 1 saturated heterocycles. The molecule has 1 fully saturated rings. The third-order valence-electron chi connectivity index (χ3n) is 3.86. The highest BCUT2D eigenvalue weighted by molar-refractivity contribution is 6.33. The maximum Gasteiger partial charge on any atom is 0.0557 e. The van der Waals surface area contributed by atoms with E-state index in [1.165, 1.54) is 5.56 Å². The van der Waals surface area contributed by atoms with Gasteiger partial charge in [0.1, 0.15) is 0 Å². The molecule has 0 aliphatic carbocycles. The lowest BCUT2D eigenvalue weighted by Crippen LogP contribution is -2.43. The summed E-state index contributed by atoms with van der Waals surface area (Å²) < 4.78 is 0. The second kappa shape index (κ2) is 7.43. The highest BCUT2D eigenvalue weighted by Gasteiger charge is 2.15. The molecule has 0 spiro atoms. The zero-order valence-corrected chi connectivity index (χ0v) is 13.3. The first-order valence-electron chi connectivity index (χ1n) is 7.61. The average Bonchev–Trinajstić information content (AvgIpc) is 2.56. The van der Waals surface area contributed by atoms with Gasteiger partial charge in [0.15, 0.2) is 0 Å². The largest absolute Gasteiger partial charge is 0.295 e. The molecule has 0 unspecified atom stereocenters. The van der Waals surface area contributed by atoms with E-state index in [4.69, 9.17) is 11.6 Å². The molecule has 1 heterocycles. The molecule has 2 aromatic carbocycles. The maximum atomic E-state index is 6.14. The van der Waals surface area contributed by atoms with Crippen LogP contribution >= 0.6 is 11.6 Å². The van der Waals surface area contributed by atoms with E-state index in [0.29, 0.717) is 0 Å². The minimum atomic E-state index is 0.744. The van der Waals surface area contributed by atoms with Crippen LogP contribution in [0.2, 0.25) is 5.02 Å². The highest BCUT2D eigenvalue weighted by Crippen LogP contribution is 2.13. The van der Waals surface area contributed by atoms with Crippen molar-refractivity contribution in [3.63, 3.8) is 0 Å². The van der Waals surface area contributed by atoms with Gasteiger partial charge in [0.05, 0.1) is 6.21 Å². The Morgan fingerprint density at radius 3 is 2.32 bits per heavy atom. The number of halogens is 1. The third kappa shape index (κ3) is 4.09. The number of benzene rings is 2. The first-order valence-corrected chi connectivity index (χ1v) is 7.99. The Bertz CT molecular complexity index is 619. The molecular weight excluding hydrogens is 294 g/mol. The lowest BCUT2D eigenvalue weighted by molar-refractivity contribution is 0.131. The van der Waals surface area contributed by atoms with Crippen LogP contribution in [-0.4, -0.2) is 42.3 Å². The summed E-state index contributed by atoms with van der Waals surface area (Å²) in [7, 11) is 0. The van der Waals surface area contributed by atoms with Gasteiger partial charge in [-0.3, -0.25) is 9.91 Å². The van der Waals surface area contributed by atoms with E-state index in [1.54, 1.807) is 0 Å². The Labute approximate surface area is 136 Å². The molecule has 22 heavy (non-hydrogen) atoms. The first-order chi connectivity index (χ1) is 10.8. The van der Waals surface area contributed by atoms with Crippen LogP contribution in [0.4, 0.5) is 0 Å². The monoisotopic (exact) mass is 313 g/mol. The molecule has 0 radical (unpaired) electrons. The summed E-state index contributed by atoms with van der Waals surface area (Å²) in [4.78, 5) is 2.47. The number of hydrogen-bond acceptors (Lipinski definition) is 3. The standard InChI is InChI=1S/C18H20ClN3/c19-18-9-5-4-8-17(18)14-20-22-12-10-21(11-13-22)15-16-6-2-1-3-7-16/h1-9,14H,10-13,15H2. The summed E-state index contributed by atoms with van der Waals surface area (Å²) >= 11 is 6.14. The second-order valence-corrected chi connectivity index (χ2v) is 5.89. The summed E-state index contributed by atoms with van der Waals surface area (Å²) in [5.74, 6) is 0. The van der Waals surface area contributed by atoms with Crippen LogP contribution in [-0.2, 0) is 6.54 Å². The minimum Gasteiger partial charge on any atom is -0.295 e. The quantitative estimate of drug-likeness (QED) is 0.805. The Hall–Kier alpha value is -1.84. The first kappa shape index (κ1) is 15.1. The molecular formula is C18H20ClN3. The van der Waals surface area contributed by atoms with Crippen molar-refractivity contribution in [2.75, 3.05) is 26.2 Å². The van der Waals surface area contributed by atoms with Crippen LogP contribution in [0.1, 0.15) is 11.1 Å². The molecule has 0 N–H and O–H groups in total. The lowest BCUT2D eigenvalue weighted by atomic mass is 10.2. The number of nitrogens with zero attached hydrogens (tertiary/aromatic N) is 3. The van der Waals surface area contributed by atoms with Gasteiger partial charge in [-0.15, -0.1) is 0 Å². The highest BCUT2D eigenvalue weighted by atomic mass is 35.5. The molecule has 1 aliphatic heterocycles. The second-order valence-electron chi connectivity index (χ2n) is 5.48. The van der Waals surface area contributed by atoms with Crippen molar-refractivity contribution >= 4 is 17.8 Å². The van der Waals surface area contributed by atoms with Crippen LogP contribution in [0, 0.1) is 0 Å². The Balaban J connectivity index is 1.51.